The highest BCUT2D eigenvalue weighted by Crippen LogP contribution is 2.28. The number of ether oxygens (including phenoxy) is 1. The van der Waals surface area contributed by atoms with Crippen LogP contribution in [0.2, 0.25) is 0 Å². The van der Waals surface area contributed by atoms with E-state index in [1.807, 2.05) is 18.2 Å². The minimum Gasteiger partial charge on any atom is -0.376 e. The van der Waals surface area contributed by atoms with Crippen molar-refractivity contribution >= 4 is 6.29 Å². The average molecular weight is 244 g/mol. The number of rotatable bonds is 6. The zero-order valence-corrected chi connectivity index (χ0v) is 10.6. The highest BCUT2D eigenvalue weighted by Gasteiger charge is 2.22. The highest BCUT2D eigenvalue weighted by atomic mass is 16.5. The van der Waals surface area contributed by atoms with Crippen molar-refractivity contribution in [3.63, 3.8) is 0 Å². The molecule has 96 valence electrons. The Balaban J connectivity index is 1.78. The first kappa shape index (κ1) is 13.0. The summed E-state index contributed by atoms with van der Waals surface area (Å²) in [6.07, 6.45) is 8.13. The molecule has 2 rings (SSSR count). The van der Waals surface area contributed by atoms with Crippen LogP contribution in [0.4, 0.5) is 0 Å². The number of carbonyl (C=O) groups excluding carboxylic acids is 1. The molecule has 0 radical (unpaired) electrons. The minimum atomic E-state index is 0.461. The topological polar surface area (TPSA) is 26.3 Å². The smallest absolute Gasteiger partial charge is 0.120 e. The number of aldehydes is 1. The number of allylic oxidation sites excluding steroid dienone is 2. The Kier molecular flexibility index (Phi) is 5.15. The molecular weight excluding hydrogens is 224 g/mol. The second-order valence-electron chi connectivity index (χ2n) is 4.87. The molecule has 2 atom stereocenters. The van der Waals surface area contributed by atoms with Crippen molar-refractivity contribution in [2.45, 2.75) is 25.9 Å². The number of hydrogen-bond acceptors (Lipinski definition) is 2. The molecule has 1 aliphatic carbocycles. The summed E-state index contributed by atoms with van der Waals surface area (Å²) in [4.78, 5) is 10.6. The van der Waals surface area contributed by atoms with Crippen LogP contribution in [0.1, 0.15) is 24.8 Å². The lowest BCUT2D eigenvalue weighted by atomic mass is 9.82. The SMILES string of the molecule is O=CC[C@H]1CC=CC[C@H]1COCc1ccccc1. The first-order valence-corrected chi connectivity index (χ1v) is 6.60. The fraction of sp³-hybridized carbons (Fsp3) is 0.438. The van der Waals surface area contributed by atoms with Gasteiger partial charge in [0.1, 0.15) is 6.29 Å². The van der Waals surface area contributed by atoms with E-state index in [1.54, 1.807) is 0 Å². The summed E-state index contributed by atoms with van der Waals surface area (Å²) in [5.41, 5.74) is 1.20. The molecule has 0 aliphatic heterocycles. The Morgan fingerprint density at radius 1 is 1.11 bits per heavy atom. The molecule has 0 amide bonds. The van der Waals surface area contributed by atoms with Crippen molar-refractivity contribution in [2.24, 2.45) is 11.8 Å². The van der Waals surface area contributed by atoms with Crippen LogP contribution in [0, 0.1) is 11.8 Å². The third-order valence-electron chi connectivity index (χ3n) is 3.55. The Hall–Kier alpha value is -1.41. The molecule has 0 heterocycles. The fourth-order valence-electron chi connectivity index (χ4n) is 2.45. The Morgan fingerprint density at radius 3 is 2.56 bits per heavy atom. The molecule has 0 N–H and O–H groups in total. The van der Waals surface area contributed by atoms with Crippen molar-refractivity contribution in [2.75, 3.05) is 6.61 Å². The van der Waals surface area contributed by atoms with E-state index in [0.29, 0.717) is 24.9 Å². The van der Waals surface area contributed by atoms with E-state index < -0.39 is 0 Å². The lowest BCUT2D eigenvalue weighted by molar-refractivity contribution is -0.109. The first-order chi connectivity index (χ1) is 8.90. The summed E-state index contributed by atoms with van der Waals surface area (Å²) < 4.78 is 5.79. The van der Waals surface area contributed by atoms with E-state index in [0.717, 1.165) is 25.7 Å². The summed E-state index contributed by atoms with van der Waals surface area (Å²) >= 11 is 0. The number of benzene rings is 1. The summed E-state index contributed by atoms with van der Waals surface area (Å²) in [7, 11) is 0. The van der Waals surface area contributed by atoms with Gasteiger partial charge in [-0.15, -0.1) is 0 Å². The van der Waals surface area contributed by atoms with Crippen LogP contribution in [0.15, 0.2) is 42.5 Å². The normalized spacial score (nSPS) is 22.9. The molecule has 1 aromatic carbocycles. The predicted octanol–water partition coefficient (Wildman–Crippen LogP) is 3.37. The molecule has 2 heteroatoms. The van der Waals surface area contributed by atoms with E-state index >= 15 is 0 Å². The van der Waals surface area contributed by atoms with E-state index in [4.69, 9.17) is 4.74 Å². The summed E-state index contributed by atoms with van der Waals surface area (Å²) in [6.45, 7) is 1.41. The minimum absolute atomic E-state index is 0.461. The Labute approximate surface area is 109 Å². The number of carbonyl (C=O) groups is 1. The Bertz CT molecular complexity index is 383. The maximum Gasteiger partial charge on any atom is 0.120 e. The van der Waals surface area contributed by atoms with Crippen LogP contribution in [0.5, 0.6) is 0 Å². The second-order valence-corrected chi connectivity index (χ2v) is 4.87. The number of hydrogen-bond donors (Lipinski definition) is 0. The lowest BCUT2D eigenvalue weighted by Crippen LogP contribution is -2.22. The maximum atomic E-state index is 10.6. The third kappa shape index (κ3) is 3.81. The van der Waals surface area contributed by atoms with Gasteiger partial charge in [0.15, 0.2) is 0 Å². The van der Waals surface area contributed by atoms with Gasteiger partial charge in [-0.05, 0) is 30.2 Å². The van der Waals surface area contributed by atoms with Crippen LogP contribution in [-0.2, 0) is 16.1 Å². The van der Waals surface area contributed by atoms with E-state index in [9.17, 15) is 4.79 Å². The molecule has 0 spiro atoms. The summed E-state index contributed by atoms with van der Waals surface area (Å²) in [6, 6.07) is 10.2. The highest BCUT2D eigenvalue weighted by molar-refractivity contribution is 5.50. The van der Waals surface area contributed by atoms with Crippen LogP contribution >= 0.6 is 0 Å². The fourth-order valence-corrected chi connectivity index (χ4v) is 2.45. The van der Waals surface area contributed by atoms with Gasteiger partial charge >= 0.3 is 0 Å². The molecule has 1 aliphatic rings. The molecule has 0 saturated heterocycles. The molecule has 0 unspecified atom stereocenters. The molecule has 1 aromatic rings. The zero-order valence-electron chi connectivity index (χ0n) is 10.6. The molecule has 2 nitrogen and oxygen atoms in total. The van der Waals surface area contributed by atoms with Crippen molar-refractivity contribution < 1.29 is 9.53 Å². The van der Waals surface area contributed by atoms with E-state index in [1.165, 1.54) is 5.56 Å². The largest absolute Gasteiger partial charge is 0.376 e. The average Bonchev–Trinajstić information content (AvgIpc) is 2.42. The van der Waals surface area contributed by atoms with Gasteiger partial charge in [0.05, 0.1) is 13.2 Å². The van der Waals surface area contributed by atoms with Gasteiger partial charge in [0.2, 0.25) is 0 Å². The van der Waals surface area contributed by atoms with Crippen LogP contribution < -0.4 is 0 Å². The molecule has 0 bridgehead atoms. The van der Waals surface area contributed by atoms with Gasteiger partial charge in [-0.25, -0.2) is 0 Å². The standard InChI is InChI=1S/C16H20O2/c17-11-10-15-8-4-5-9-16(15)13-18-12-14-6-2-1-3-7-14/h1-7,11,15-16H,8-10,12-13H2/t15-,16+/m1/s1. The van der Waals surface area contributed by atoms with Crippen LogP contribution in [0.25, 0.3) is 0 Å². The van der Waals surface area contributed by atoms with Gasteiger partial charge in [-0.3, -0.25) is 0 Å². The van der Waals surface area contributed by atoms with Gasteiger partial charge in [-0.1, -0.05) is 42.5 Å². The maximum absolute atomic E-state index is 10.6. The van der Waals surface area contributed by atoms with Gasteiger partial charge in [0, 0.05) is 6.42 Å². The van der Waals surface area contributed by atoms with Gasteiger partial charge < -0.3 is 9.53 Å². The monoisotopic (exact) mass is 244 g/mol. The van der Waals surface area contributed by atoms with E-state index in [2.05, 4.69) is 24.3 Å². The Morgan fingerprint density at radius 2 is 1.83 bits per heavy atom. The summed E-state index contributed by atoms with van der Waals surface area (Å²) in [5, 5.41) is 0. The van der Waals surface area contributed by atoms with Crippen molar-refractivity contribution in [3.05, 3.63) is 48.0 Å². The van der Waals surface area contributed by atoms with E-state index in [-0.39, 0.29) is 0 Å². The van der Waals surface area contributed by atoms with Gasteiger partial charge in [0.25, 0.3) is 0 Å². The van der Waals surface area contributed by atoms with Crippen LogP contribution in [0.3, 0.4) is 0 Å². The van der Waals surface area contributed by atoms with Crippen molar-refractivity contribution in [3.8, 4) is 0 Å². The molecule has 0 saturated carbocycles. The predicted molar refractivity (Wildman–Crippen MR) is 72.1 cm³/mol. The summed E-state index contributed by atoms with van der Waals surface area (Å²) in [5.74, 6) is 0.951. The van der Waals surface area contributed by atoms with Crippen molar-refractivity contribution in [1.29, 1.82) is 0 Å². The molecule has 0 fully saturated rings. The second kappa shape index (κ2) is 7.12. The third-order valence-corrected chi connectivity index (χ3v) is 3.55. The molecular formula is C16H20O2. The van der Waals surface area contributed by atoms with Crippen molar-refractivity contribution in [1.82, 2.24) is 0 Å². The molecule has 18 heavy (non-hydrogen) atoms. The van der Waals surface area contributed by atoms with Crippen LogP contribution in [-0.4, -0.2) is 12.9 Å². The quantitative estimate of drug-likeness (QED) is 0.566. The molecule has 0 aromatic heterocycles. The lowest BCUT2D eigenvalue weighted by Gasteiger charge is -2.26. The van der Waals surface area contributed by atoms with Gasteiger partial charge in [-0.2, -0.15) is 0 Å². The zero-order chi connectivity index (χ0) is 12.6. The first-order valence-electron chi connectivity index (χ1n) is 6.60.